The van der Waals surface area contributed by atoms with Crippen LogP contribution in [0.4, 0.5) is 5.69 Å². The van der Waals surface area contributed by atoms with E-state index < -0.39 is 4.92 Å². The van der Waals surface area contributed by atoms with Gasteiger partial charge in [-0.25, -0.2) is 0 Å². The van der Waals surface area contributed by atoms with Crippen molar-refractivity contribution in [2.45, 2.75) is 26.3 Å². The molecule has 0 aromatic heterocycles. The number of halogens is 1. The lowest BCUT2D eigenvalue weighted by Crippen LogP contribution is -2.34. The van der Waals surface area contributed by atoms with Crippen molar-refractivity contribution in [3.8, 4) is 0 Å². The molecule has 0 fully saturated rings. The van der Waals surface area contributed by atoms with Crippen molar-refractivity contribution in [2.24, 2.45) is 0 Å². The van der Waals surface area contributed by atoms with Gasteiger partial charge in [-0.15, -0.1) is 0 Å². The van der Waals surface area contributed by atoms with E-state index in [0.29, 0.717) is 10.0 Å². The zero-order valence-corrected chi connectivity index (χ0v) is 12.1. The van der Waals surface area contributed by atoms with E-state index in [1.807, 2.05) is 13.8 Å². The van der Waals surface area contributed by atoms with Crippen LogP contribution >= 0.6 is 15.9 Å². The Morgan fingerprint density at radius 3 is 2.67 bits per heavy atom. The first kappa shape index (κ1) is 14.6. The second-order valence-corrected chi connectivity index (χ2v) is 4.95. The van der Waals surface area contributed by atoms with E-state index >= 15 is 0 Å². The lowest BCUT2D eigenvalue weighted by Gasteiger charge is -2.24. The van der Waals surface area contributed by atoms with E-state index in [1.165, 1.54) is 18.2 Å². The van der Waals surface area contributed by atoms with Crippen molar-refractivity contribution >= 4 is 27.5 Å². The molecule has 1 unspecified atom stereocenters. The van der Waals surface area contributed by atoms with Gasteiger partial charge in [-0.1, -0.05) is 6.92 Å². The Bertz CT molecular complexity index is 476. The summed E-state index contributed by atoms with van der Waals surface area (Å²) in [5.74, 6) is -0.222. The highest BCUT2D eigenvalue weighted by atomic mass is 79.9. The Balaban J connectivity index is 3.12. The molecule has 0 spiro atoms. The summed E-state index contributed by atoms with van der Waals surface area (Å²) < 4.78 is 0.563. The van der Waals surface area contributed by atoms with Crippen LogP contribution in [0, 0.1) is 10.1 Å². The summed E-state index contributed by atoms with van der Waals surface area (Å²) in [5.41, 5.74) is 0.228. The monoisotopic (exact) mass is 314 g/mol. The van der Waals surface area contributed by atoms with Crippen LogP contribution in [0.3, 0.4) is 0 Å². The maximum Gasteiger partial charge on any atom is 0.270 e. The van der Waals surface area contributed by atoms with Crippen LogP contribution in [0.1, 0.15) is 30.6 Å². The summed E-state index contributed by atoms with van der Waals surface area (Å²) in [6.45, 7) is 3.92. The molecule has 98 valence electrons. The van der Waals surface area contributed by atoms with Gasteiger partial charge in [0.2, 0.25) is 0 Å². The number of nitro benzene ring substituents is 1. The average Bonchev–Trinajstić information content (AvgIpc) is 2.36. The van der Waals surface area contributed by atoms with E-state index in [1.54, 1.807) is 11.9 Å². The van der Waals surface area contributed by atoms with Gasteiger partial charge < -0.3 is 4.90 Å². The van der Waals surface area contributed by atoms with Crippen LogP contribution in [-0.2, 0) is 0 Å². The summed E-state index contributed by atoms with van der Waals surface area (Å²) in [6, 6.07) is 4.27. The first-order chi connectivity index (χ1) is 8.38. The summed E-state index contributed by atoms with van der Waals surface area (Å²) >= 11 is 3.25. The van der Waals surface area contributed by atoms with Gasteiger partial charge in [-0.05, 0) is 35.3 Å². The molecule has 6 heteroatoms. The van der Waals surface area contributed by atoms with E-state index in [2.05, 4.69) is 15.9 Å². The first-order valence-corrected chi connectivity index (χ1v) is 6.38. The molecule has 0 N–H and O–H groups in total. The molecule has 0 heterocycles. The van der Waals surface area contributed by atoms with Crippen LogP contribution in [0.5, 0.6) is 0 Å². The minimum absolute atomic E-state index is 0.0842. The van der Waals surface area contributed by atoms with Crippen molar-refractivity contribution in [3.63, 3.8) is 0 Å². The van der Waals surface area contributed by atoms with E-state index in [-0.39, 0.29) is 17.6 Å². The van der Waals surface area contributed by atoms with Crippen molar-refractivity contribution in [2.75, 3.05) is 7.05 Å². The second kappa shape index (κ2) is 5.95. The molecule has 0 aliphatic rings. The SMILES string of the molecule is CCC(C)N(C)C(=O)c1cc([N+](=O)[O-])ccc1Br. The van der Waals surface area contributed by atoms with Crippen LogP contribution in [-0.4, -0.2) is 28.8 Å². The van der Waals surface area contributed by atoms with Crippen molar-refractivity contribution in [1.29, 1.82) is 0 Å². The smallest absolute Gasteiger partial charge is 0.270 e. The van der Waals surface area contributed by atoms with Crippen molar-refractivity contribution in [3.05, 3.63) is 38.3 Å². The number of carbonyl (C=O) groups is 1. The summed E-state index contributed by atoms with van der Waals surface area (Å²) in [6.07, 6.45) is 0.828. The number of hydrogen-bond acceptors (Lipinski definition) is 3. The third-order valence-electron chi connectivity index (χ3n) is 2.96. The number of rotatable bonds is 4. The third kappa shape index (κ3) is 3.07. The van der Waals surface area contributed by atoms with Gasteiger partial charge in [-0.2, -0.15) is 0 Å². The van der Waals surface area contributed by atoms with Crippen LogP contribution in [0.25, 0.3) is 0 Å². The predicted octanol–water partition coefficient (Wildman–Crippen LogP) is 3.23. The first-order valence-electron chi connectivity index (χ1n) is 5.59. The Morgan fingerprint density at radius 1 is 1.56 bits per heavy atom. The van der Waals surface area contributed by atoms with E-state index in [4.69, 9.17) is 0 Å². The number of carbonyl (C=O) groups excluding carboxylic acids is 1. The van der Waals surface area contributed by atoms with Crippen LogP contribution in [0.15, 0.2) is 22.7 Å². The second-order valence-electron chi connectivity index (χ2n) is 4.09. The molecule has 0 aliphatic carbocycles. The van der Waals surface area contributed by atoms with Gasteiger partial charge in [0.15, 0.2) is 0 Å². The molecule has 0 radical (unpaired) electrons. The lowest BCUT2D eigenvalue weighted by atomic mass is 10.1. The molecule has 1 amide bonds. The van der Waals surface area contributed by atoms with E-state index in [9.17, 15) is 14.9 Å². The van der Waals surface area contributed by atoms with Crippen molar-refractivity contribution in [1.82, 2.24) is 4.90 Å². The Labute approximate surface area is 114 Å². The molecule has 5 nitrogen and oxygen atoms in total. The largest absolute Gasteiger partial charge is 0.339 e. The molecular weight excluding hydrogens is 300 g/mol. The minimum Gasteiger partial charge on any atom is -0.339 e. The summed E-state index contributed by atoms with van der Waals surface area (Å²) in [4.78, 5) is 24.0. The average molecular weight is 315 g/mol. The van der Waals surface area contributed by atoms with Crippen molar-refractivity contribution < 1.29 is 9.72 Å². The highest BCUT2D eigenvalue weighted by Crippen LogP contribution is 2.24. The maximum atomic E-state index is 12.2. The van der Waals surface area contributed by atoms with E-state index in [0.717, 1.165) is 6.42 Å². The Hall–Kier alpha value is -1.43. The highest BCUT2D eigenvalue weighted by Gasteiger charge is 2.21. The zero-order valence-electron chi connectivity index (χ0n) is 10.5. The zero-order chi connectivity index (χ0) is 13.9. The fourth-order valence-electron chi connectivity index (χ4n) is 1.45. The molecule has 1 rings (SSSR count). The molecule has 0 saturated carbocycles. The molecule has 1 atom stereocenters. The van der Waals surface area contributed by atoms with Gasteiger partial charge in [0.05, 0.1) is 10.5 Å². The quantitative estimate of drug-likeness (QED) is 0.633. The standard InChI is InChI=1S/C12H15BrN2O3/c1-4-8(2)14(3)12(16)10-7-9(15(17)18)5-6-11(10)13/h5-8H,4H2,1-3H3. The van der Waals surface area contributed by atoms with Crippen LogP contribution in [0.2, 0.25) is 0 Å². The fraction of sp³-hybridized carbons (Fsp3) is 0.417. The molecule has 18 heavy (non-hydrogen) atoms. The Morgan fingerprint density at radius 2 is 2.17 bits per heavy atom. The molecule has 0 aliphatic heterocycles. The molecule has 1 aromatic carbocycles. The molecule has 1 aromatic rings. The fourth-order valence-corrected chi connectivity index (χ4v) is 1.87. The van der Waals surface area contributed by atoms with Gasteiger partial charge >= 0.3 is 0 Å². The van der Waals surface area contributed by atoms with Crippen LogP contribution < -0.4 is 0 Å². The number of nitrogens with zero attached hydrogens (tertiary/aromatic N) is 2. The Kier molecular flexibility index (Phi) is 4.84. The molecular formula is C12H15BrN2O3. The van der Waals surface area contributed by atoms with Gasteiger partial charge in [0, 0.05) is 29.7 Å². The minimum atomic E-state index is -0.507. The number of nitro groups is 1. The highest BCUT2D eigenvalue weighted by molar-refractivity contribution is 9.10. The van der Waals surface area contributed by atoms with Gasteiger partial charge in [-0.3, -0.25) is 14.9 Å². The third-order valence-corrected chi connectivity index (χ3v) is 3.65. The number of non-ortho nitro benzene ring substituents is 1. The number of hydrogen-bond donors (Lipinski definition) is 0. The number of amides is 1. The van der Waals surface area contributed by atoms with Gasteiger partial charge in [0.25, 0.3) is 11.6 Å². The summed E-state index contributed by atoms with van der Waals surface area (Å²) in [7, 11) is 1.70. The van der Waals surface area contributed by atoms with Gasteiger partial charge in [0.1, 0.15) is 0 Å². The predicted molar refractivity (Wildman–Crippen MR) is 72.6 cm³/mol. The molecule has 0 bridgehead atoms. The normalized spacial score (nSPS) is 12.0. The maximum absolute atomic E-state index is 12.2. The molecule has 0 saturated heterocycles. The lowest BCUT2D eigenvalue weighted by molar-refractivity contribution is -0.384. The topological polar surface area (TPSA) is 63.5 Å². The number of benzene rings is 1. The summed E-state index contributed by atoms with van der Waals surface area (Å²) in [5, 5.41) is 10.7.